The standard InChI is InChI=1S/C14H20O2/c1-3-16-14(15)11-7-8-12(2)13-9-5-4-6-10-13/h4-6,9-10,12H,3,7-8,11H2,1-2H3/t12-/m1/s1. The molecule has 0 saturated carbocycles. The van der Waals surface area contributed by atoms with Crippen molar-refractivity contribution >= 4 is 5.97 Å². The fourth-order valence-electron chi connectivity index (χ4n) is 1.73. The van der Waals surface area contributed by atoms with Crippen LogP contribution in [0.15, 0.2) is 30.3 Å². The summed E-state index contributed by atoms with van der Waals surface area (Å²) >= 11 is 0. The smallest absolute Gasteiger partial charge is 0.305 e. The quantitative estimate of drug-likeness (QED) is 0.686. The lowest BCUT2D eigenvalue weighted by molar-refractivity contribution is -0.143. The van der Waals surface area contributed by atoms with Gasteiger partial charge in [-0.25, -0.2) is 0 Å². The highest BCUT2D eigenvalue weighted by atomic mass is 16.5. The Kier molecular flexibility index (Phi) is 5.62. The lowest BCUT2D eigenvalue weighted by Crippen LogP contribution is -2.04. The molecule has 2 nitrogen and oxygen atoms in total. The second-order valence-electron chi connectivity index (χ2n) is 4.01. The fraction of sp³-hybridized carbons (Fsp3) is 0.500. The molecule has 0 aliphatic heterocycles. The third-order valence-electron chi connectivity index (χ3n) is 2.69. The van der Waals surface area contributed by atoms with Gasteiger partial charge in [0.15, 0.2) is 0 Å². The number of benzene rings is 1. The molecule has 16 heavy (non-hydrogen) atoms. The summed E-state index contributed by atoms with van der Waals surface area (Å²) in [6.07, 6.45) is 2.46. The highest BCUT2D eigenvalue weighted by Crippen LogP contribution is 2.20. The van der Waals surface area contributed by atoms with Gasteiger partial charge in [-0.2, -0.15) is 0 Å². The molecular formula is C14H20O2. The van der Waals surface area contributed by atoms with Gasteiger partial charge in [0.25, 0.3) is 0 Å². The Morgan fingerprint density at radius 1 is 1.31 bits per heavy atom. The Morgan fingerprint density at radius 2 is 2.00 bits per heavy atom. The van der Waals surface area contributed by atoms with E-state index in [-0.39, 0.29) is 5.97 Å². The molecule has 2 heteroatoms. The van der Waals surface area contributed by atoms with Crippen LogP contribution in [0, 0.1) is 0 Å². The molecule has 0 fully saturated rings. The third kappa shape index (κ3) is 4.47. The summed E-state index contributed by atoms with van der Waals surface area (Å²) in [5.74, 6) is 0.429. The van der Waals surface area contributed by atoms with E-state index in [9.17, 15) is 4.79 Å². The van der Waals surface area contributed by atoms with Crippen LogP contribution in [0.5, 0.6) is 0 Å². The van der Waals surface area contributed by atoms with Crippen molar-refractivity contribution < 1.29 is 9.53 Å². The number of hydrogen-bond acceptors (Lipinski definition) is 2. The van der Waals surface area contributed by atoms with E-state index in [0.29, 0.717) is 18.9 Å². The lowest BCUT2D eigenvalue weighted by Gasteiger charge is -2.11. The Balaban J connectivity index is 2.26. The SMILES string of the molecule is CCOC(=O)CCC[C@@H](C)c1ccccc1. The summed E-state index contributed by atoms with van der Waals surface area (Å²) in [5.41, 5.74) is 1.34. The van der Waals surface area contributed by atoms with Crippen molar-refractivity contribution in [3.05, 3.63) is 35.9 Å². The topological polar surface area (TPSA) is 26.3 Å². The summed E-state index contributed by atoms with van der Waals surface area (Å²) in [7, 11) is 0. The molecule has 0 aromatic heterocycles. The first-order valence-electron chi connectivity index (χ1n) is 5.94. The zero-order valence-corrected chi connectivity index (χ0v) is 10.1. The summed E-state index contributed by atoms with van der Waals surface area (Å²) in [6.45, 7) is 4.51. The van der Waals surface area contributed by atoms with E-state index < -0.39 is 0 Å². The maximum atomic E-state index is 11.1. The van der Waals surface area contributed by atoms with Crippen LogP contribution in [0.4, 0.5) is 0 Å². The second-order valence-corrected chi connectivity index (χ2v) is 4.01. The molecule has 0 saturated heterocycles. The zero-order valence-electron chi connectivity index (χ0n) is 10.1. The van der Waals surface area contributed by atoms with Crippen LogP contribution in [-0.4, -0.2) is 12.6 Å². The molecule has 0 radical (unpaired) electrons. The molecule has 0 spiro atoms. The summed E-state index contributed by atoms with van der Waals surface area (Å²) in [5, 5.41) is 0. The highest BCUT2D eigenvalue weighted by Gasteiger charge is 2.07. The van der Waals surface area contributed by atoms with E-state index >= 15 is 0 Å². The molecule has 1 rings (SSSR count). The van der Waals surface area contributed by atoms with Crippen LogP contribution in [0.3, 0.4) is 0 Å². The van der Waals surface area contributed by atoms with Crippen LogP contribution in [0.2, 0.25) is 0 Å². The molecule has 0 N–H and O–H groups in total. The van der Waals surface area contributed by atoms with Crippen LogP contribution < -0.4 is 0 Å². The van der Waals surface area contributed by atoms with Crippen LogP contribution in [0.25, 0.3) is 0 Å². The van der Waals surface area contributed by atoms with Gasteiger partial charge >= 0.3 is 5.97 Å². The molecule has 0 unspecified atom stereocenters. The van der Waals surface area contributed by atoms with E-state index in [2.05, 4.69) is 31.2 Å². The average Bonchev–Trinajstić information content (AvgIpc) is 2.30. The number of rotatable bonds is 6. The Hall–Kier alpha value is -1.31. The monoisotopic (exact) mass is 220 g/mol. The Morgan fingerprint density at radius 3 is 2.62 bits per heavy atom. The van der Waals surface area contributed by atoms with Crippen LogP contribution in [-0.2, 0) is 9.53 Å². The third-order valence-corrected chi connectivity index (χ3v) is 2.69. The van der Waals surface area contributed by atoms with E-state index in [1.165, 1.54) is 5.56 Å². The van der Waals surface area contributed by atoms with E-state index in [1.807, 2.05) is 13.0 Å². The highest BCUT2D eigenvalue weighted by molar-refractivity contribution is 5.69. The number of esters is 1. The second kappa shape index (κ2) is 7.04. The molecular weight excluding hydrogens is 200 g/mol. The van der Waals surface area contributed by atoms with Gasteiger partial charge in [0.1, 0.15) is 0 Å². The zero-order chi connectivity index (χ0) is 11.8. The Labute approximate surface area is 97.6 Å². The normalized spacial score (nSPS) is 12.1. The van der Waals surface area contributed by atoms with Crippen molar-refractivity contribution in [2.75, 3.05) is 6.61 Å². The van der Waals surface area contributed by atoms with Crippen molar-refractivity contribution in [2.45, 2.75) is 39.0 Å². The first-order valence-corrected chi connectivity index (χ1v) is 5.94. The summed E-state index contributed by atoms with van der Waals surface area (Å²) < 4.78 is 4.89. The molecule has 1 atom stereocenters. The fourth-order valence-corrected chi connectivity index (χ4v) is 1.73. The van der Waals surface area contributed by atoms with Gasteiger partial charge in [-0.3, -0.25) is 4.79 Å². The van der Waals surface area contributed by atoms with Gasteiger partial charge in [-0.1, -0.05) is 37.3 Å². The minimum Gasteiger partial charge on any atom is -0.466 e. The van der Waals surface area contributed by atoms with Crippen LogP contribution in [0.1, 0.15) is 44.6 Å². The predicted octanol–water partition coefficient (Wildman–Crippen LogP) is 3.52. The van der Waals surface area contributed by atoms with Gasteiger partial charge in [0.05, 0.1) is 6.61 Å². The lowest BCUT2D eigenvalue weighted by atomic mass is 9.96. The summed E-state index contributed by atoms with van der Waals surface area (Å²) in [6, 6.07) is 10.4. The predicted molar refractivity (Wildman–Crippen MR) is 65.3 cm³/mol. The van der Waals surface area contributed by atoms with E-state index in [4.69, 9.17) is 4.74 Å². The van der Waals surface area contributed by atoms with Gasteiger partial charge in [0, 0.05) is 6.42 Å². The summed E-state index contributed by atoms with van der Waals surface area (Å²) in [4.78, 5) is 11.1. The minimum atomic E-state index is -0.0808. The molecule has 1 aromatic rings. The van der Waals surface area contributed by atoms with Crippen molar-refractivity contribution in [1.82, 2.24) is 0 Å². The van der Waals surface area contributed by atoms with Crippen molar-refractivity contribution in [2.24, 2.45) is 0 Å². The number of carbonyl (C=O) groups is 1. The van der Waals surface area contributed by atoms with Crippen molar-refractivity contribution in [3.63, 3.8) is 0 Å². The first kappa shape index (κ1) is 12.8. The number of carbonyl (C=O) groups excluding carboxylic acids is 1. The molecule has 88 valence electrons. The molecule has 0 amide bonds. The molecule has 0 heterocycles. The number of ether oxygens (including phenoxy) is 1. The average molecular weight is 220 g/mol. The van der Waals surface area contributed by atoms with Gasteiger partial charge in [-0.15, -0.1) is 0 Å². The maximum absolute atomic E-state index is 11.1. The van der Waals surface area contributed by atoms with Crippen molar-refractivity contribution in [3.8, 4) is 0 Å². The first-order chi connectivity index (χ1) is 7.74. The van der Waals surface area contributed by atoms with Crippen LogP contribution >= 0.6 is 0 Å². The largest absolute Gasteiger partial charge is 0.466 e. The number of hydrogen-bond donors (Lipinski definition) is 0. The van der Waals surface area contributed by atoms with Gasteiger partial charge in [-0.05, 0) is 31.2 Å². The molecule has 0 aliphatic carbocycles. The van der Waals surface area contributed by atoms with Gasteiger partial charge < -0.3 is 4.74 Å². The molecule has 0 aliphatic rings. The maximum Gasteiger partial charge on any atom is 0.305 e. The van der Waals surface area contributed by atoms with Gasteiger partial charge in [0.2, 0.25) is 0 Å². The van der Waals surface area contributed by atoms with E-state index in [1.54, 1.807) is 0 Å². The van der Waals surface area contributed by atoms with Crippen molar-refractivity contribution in [1.29, 1.82) is 0 Å². The molecule has 0 bridgehead atoms. The Bertz CT molecular complexity index is 306. The molecule has 1 aromatic carbocycles. The minimum absolute atomic E-state index is 0.0808. The van der Waals surface area contributed by atoms with E-state index in [0.717, 1.165) is 12.8 Å².